The fourth-order valence-electron chi connectivity index (χ4n) is 8.32. The van der Waals surface area contributed by atoms with Crippen LogP contribution in [0.4, 0.5) is 8.78 Å². The molecule has 6 heteroatoms. The maximum atomic E-state index is 13.1. The highest BCUT2D eigenvalue weighted by atomic mass is 19.1. The highest BCUT2D eigenvalue weighted by Crippen LogP contribution is 2.54. The minimum absolute atomic E-state index is 0.0756. The summed E-state index contributed by atoms with van der Waals surface area (Å²) in [7, 11) is 0. The zero-order valence-electron chi connectivity index (χ0n) is 26.3. The Bertz CT molecular complexity index is 1550. The molecular weight excluding hydrogens is 578 g/mol. The summed E-state index contributed by atoms with van der Waals surface area (Å²) in [5.41, 5.74) is 4.55. The van der Waals surface area contributed by atoms with E-state index in [1.54, 1.807) is 0 Å². The molecule has 4 fully saturated rings. The van der Waals surface area contributed by atoms with Gasteiger partial charge in [0, 0.05) is 24.9 Å². The van der Waals surface area contributed by atoms with Crippen molar-refractivity contribution in [3.8, 4) is 0 Å². The maximum Gasteiger partial charge on any atom is 0.227 e. The Balaban J connectivity index is 0.000000147. The van der Waals surface area contributed by atoms with Crippen LogP contribution in [-0.4, -0.2) is 34.7 Å². The first kappa shape index (κ1) is 30.3. The molecule has 0 N–H and O–H groups in total. The highest BCUT2D eigenvalue weighted by Gasteiger charge is 2.55. The molecule has 4 aromatic carbocycles. The fourth-order valence-corrected chi connectivity index (χ4v) is 8.32. The molecule has 4 aliphatic rings. The summed E-state index contributed by atoms with van der Waals surface area (Å²) < 4.78 is 26.2. The van der Waals surface area contributed by atoms with Crippen LogP contribution in [0.15, 0.2) is 109 Å². The molecule has 0 spiro atoms. The highest BCUT2D eigenvalue weighted by molar-refractivity contribution is 5.85. The number of rotatable bonds is 6. The van der Waals surface area contributed by atoms with E-state index in [2.05, 4.69) is 38.1 Å². The van der Waals surface area contributed by atoms with Crippen LogP contribution in [0, 0.1) is 35.3 Å². The minimum atomic E-state index is -0.221. The molecule has 8 rings (SSSR count). The summed E-state index contributed by atoms with van der Waals surface area (Å²) in [5.74, 6) is 1.62. The van der Waals surface area contributed by atoms with E-state index in [0.29, 0.717) is 11.8 Å². The van der Waals surface area contributed by atoms with Crippen molar-refractivity contribution in [2.45, 2.75) is 50.6 Å². The molecule has 46 heavy (non-hydrogen) atoms. The normalized spacial score (nSPS) is 27.5. The van der Waals surface area contributed by atoms with Gasteiger partial charge in [0.2, 0.25) is 11.8 Å². The molecular formula is C40H40F2N2O2. The van der Waals surface area contributed by atoms with Gasteiger partial charge in [-0.15, -0.1) is 0 Å². The molecule has 8 atom stereocenters. The lowest BCUT2D eigenvalue weighted by Gasteiger charge is -2.38. The SMILES string of the molecule is C[C@H](c1ccccc1)N1C[C@@H]2C[C@@H](c3ccc(F)cc3)[C@@H]2C1=O.C[C@H](c1ccccc1)N1C[C@@H]2C[C@@H](c3ccc(F)cc3)[C@@H]2C1=O. The van der Waals surface area contributed by atoms with Crippen LogP contribution in [-0.2, 0) is 9.59 Å². The van der Waals surface area contributed by atoms with Crippen LogP contribution < -0.4 is 0 Å². The largest absolute Gasteiger partial charge is 0.335 e. The number of halogens is 2. The summed E-state index contributed by atoms with van der Waals surface area (Å²) in [6.45, 7) is 5.89. The van der Waals surface area contributed by atoms with Crippen molar-refractivity contribution in [3.63, 3.8) is 0 Å². The van der Waals surface area contributed by atoms with E-state index >= 15 is 0 Å². The molecule has 2 aliphatic heterocycles. The Morgan fingerprint density at radius 3 is 1.24 bits per heavy atom. The zero-order chi connectivity index (χ0) is 31.9. The van der Waals surface area contributed by atoms with E-state index in [-0.39, 0.29) is 59.2 Å². The summed E-state index contributed by atoms with van der Waals surface area (Å²) in [6, 6.07) is 33.9. The Kier molecular flexibility index (Phi) is 8.22. The third kappa shape index (κ3) is 5.52. The van der Waals surface area contributed by atoms with Crippen LogP contribution in [0.5, 0.6) is 0 Å². The van der Waals surface area contributed by atoms with E-state index in [0.717, 1.165) is 37.1 Å². The molecule has 2 aliphatic carbocycles. The molecule has 2 amide bonds. The van der Waals surface area contributed by atoms with E-state index in [1.807, 2.05) is 70.5 Å². The molecule has 236 valence electrons. The number of hydrogen-bond donors (Lipinski definition) is 0. The second-order valence-corrected chi connectivity index (χ2v) is 13.5. The third-order valence-corrected chi connectivity index (χ3v) is 11.1. The Morgan fingerprint density at radius 2 is 0.891 bits per heavy atom. The Labute approximate surface area is 270 Å². The number of amides is 2. The van der Waals surface area contributed by atoms with E-state index < -0.39 is 0 Å². The number of hydrogen-bond acceptors (Lipinski definition) is 2. The molecule has 2 heterocycles. The van der Waals surface area contributed by atoms with Crippen molar-refractivity contribution in [3.05, 3.63) is 143 Å². The Hall–Kier alpha value is -4.32. The summed E-state index contributed by atoms with van der Waals surface area (Å²) in [6.07, 6.45) is 2.06. The lowest BCUT2D eigenvalue weighted by Crippen LogP contribution is -2.36. The molecule has 0 radical (unpaired) electrons. The van der Waals surface area contributed by atoms with Crippen molar-refractivity contribution in [2.75, 3.05) is 13.1 Å². The van der Waals surface area contributed by atoms with Gasteiger partial charge in [0.15, 0.2) is 0 Å². The van der Waals surface area contributed by atoms with Crippen LogP contribution in [0.3, 0.4) is 0 Å². The van der Waals surface area contributed by atoms with Crippen molar-refractivity contribution >= 4 is 11.8 Å². The first-order chi connectivity index (χ1) is 22.3. The molecule has 0 unspecified atom stereocenters. The number of fused-ring (bicyclic) bond motifs is 2. The monoisotopic (exact) mass is 618 g/mol. The van der Waals surface area contributed by atoms with Crippen LogP contribution >= 0.6 is 0 Å². The summed E-state index contributed by atoms with van der Waals surface area (Å²) in [4.78, 5) is 29.8. The van der Waals surface area contributed by atoms with E-state index in [1.165, 1.54) is 35.4 Å². The predicted octanol–water partition coefficient (Wildman–Crippen LogP) is 8.30. The smallest absolute Gasteiger partial charge is 0.227 e. The van der Waals surface area contributed by atoms with Crippen LogP contribution in [0.1, 0.15) is 72.9 Å². The van der Waals surface area contributed by atoms with Gasteiger partial charge in [0.1, 0.15) is 11.6 Å². The van der Waals surface area contributed by atoms with E-state index in [4.69, 9.17) is 0 Å². The zero-order valence-corrected chi connectivity index (χ0v) is 26.3. The van der Waals surface area contributed by atoms with Gasteiger partial charge in [0.25, 0.3) is 0 Å². The van der Waals surface area contributed by atoms with Crippen molar-refractivity contribution < 1.29 is 18.4 Å². The predicted molar refractivity (Wildman–Crippen MR) is 175 cm³/mol. The average Bonchev–Trinajstić information content (AvgIpc) is 3.46. The number of likely N-dealkylation sites (tertiary alicyclic amines) is 2. The van der Waals surface area contributed by atoms with Gasteiger partial charge in [-0.1, -0.05) is 84.9 Å². The number of benzene rings is 4. The van der Waals surface area contributed by atoms with Gasteiger partial charge in [-0.25, -0.2) is 8.78 Å². The van der Waals surface area contributed by atoms with Gasteiger partial charge < -0.3 is 9.80 Å². The average molecular weight is 619 g/mol. The lowest BCUT2D eigenvalue weighted by atomic mass is 9.64. The molecule has 4 aromatic rings. The van der Waals surface area contributed by atoms with Gasteiger partial charge in [-0.05, 0) is 96.9 Å². The van der Waals surface area contributed by atoms with E-state index in [9.17, 15) is 18.4 Å². The van der Waals surface area contributed by atoms with Gasteiger partial charge in [-0.2, -0.15) is 0 Å². The number of nitrogens with zero attached hydrogens (tertiary/aromatic N) is 2. The van der Waals surface area contributed by atoms with Gasteiger partial charge in [-0.3, -0.25) is 9.59 Å². The van der Waals surface area contributed by atoms with Crippen LogP contribution in [0.25, 0.3) is 0 Å². The standard InChI is InChI=1S/2C20H20FNO/c2*1-13(14-5-3-2-4-6-14)22-12-16-11-18(19(16)20(22)23)15-7-9-17(21)10-8-15/h2*2-10,13,16,18-19H,11-12H2,1H3/t2*13-,16+,18+,19-/m11/s1. The van der Waals surface area contributed by atoms with Crippen molar-refractivity contribution in [1.82, 2.24) is 9.80 Å². The lowest BCUT2D eigenvalue weighted by molar-refractivity contribution is -0.135. The van der Waals surface area contributed by atoms with Crippen LogP contribution in [0.2, 0.25) is 0 Å². The molecule has 2 saturated carbocycles. The topological polar surface area (TPSA) is 40.6 Å². The first-order valence-corrected chi connectivity index (χ1v) is 16.5. The number of carbonyl (C=O) groups is 2. The van der Waals surface area contributed by atoms with Gasteiger partial charge in [0.05, 0.1) is 12.1 Å². The van der Waals surface area contributed by atoms with Gasteiger partial charge >= 0.3 is 0 Å². The summed E-state index contributed by atoms with van der Waals surface area (Å²) >= 11 is 0. The summed E-state index contributed by atoms with van der Waals surface area (Å²) in [5, 5.41) is 0. The quantitative estimate of drug-likeness (QED) is 0.218. The van der Waals surface area contributed by atoms with Crippen molar-refractivity contribution in [1.29, 1.82) is 0 Å². The molecule has 0 aromatic heterocycles. The van der Waals surface area contributed by atoms with Crippen molar-refractivity contribution in [2.24, 2.45) is 23.7 Å². The molecule has 2 saturated heterocycles. The first-order valence-electron chi connectivity index (χ1n) is 16.5. The Morgan fingerprint density at radius 1 is 0.543 bits per heavy atom. The molecule has 4 nitrogen and oxygen atoms in total. The minimum Gasteiger partial charge on any atom is -0.335 e. The number of carbonyl (C=O) groups excluding carboxylic acids is 2. The third-order valence-electron chi connectivity index (χ3n) is 11.1. The second kappa shape index (κ2) is 12.5. The second-order valence-electron chi connectivity index (χ2n) is 13.5. The molecule has 0 bridgehead atoms. The maximum absolute atomic E-state index is 13.1. The fraction of sp³-hybridized carbons (Fsp3) is 0.350.